The van der Waals surface area contributed by atoms with Crippen molar-refractivity contribution in [3.05, 3.63) is 53.3 Å². The van der Waals surface area contributed by atoms with Crippen LogP contribution in [0.1, 0.15) is 11.6 Å². The predicted octanol–water partition coefficient (Wildman–Crippen LogP) is 2.97. The molecule has 1 fully saturated rings. The third-order valence-corrected chi connectivity index (χ3v) is 4.59. The van der Waals surface area contributed by atoms with Crippen LogP contribution in [-0.2, 0) is 11.5 Å². The lowest BCUT2D eigenvalue weighted by atomic mass is 10.0. The standard InChI is InChI=1S/C18H18ClN3O2/c19-14-8-12(16-10-24-6-4-20-16)7-13(9-14)18-15-2-5-22(11-23)17(15)1-3-21-18/h1-3,5,7-9,16,20,23H,4,6,10-11H2. The van der Waals surface area contributed by atoms with Crippen LogP contribution in [0.3, 0.4) is 0 Å². The van der Waals surface area contributed by atoms with Crippen LogP contribution in [0.25, 0.3) is 22.2 Å². The summed E-state index contributed by atoms with van der Waals surface area (Å²) in [5.74, 6) is 0. The van der Waals surface area contributed by atoms with Gasteiger partial charge in [0.15, 0.2) is 0 Å². The van der Waals surface area contributed by atoms with Gasteiger partial charge in [0.1, 0.15) is 6.73 Å². The average molecular weight is 344 g/mol. The topological polar surface area (TPSA) is 59.3 Å². The highest BCUT2D eigenvalue weighted by Crippen LogP contribution is 2.32. The fourth-order valence-electron chi connectivity index (χ4n) is 3.21. The highest BCUT2D eigenvalue weighted by Gasteiger charge is 2.18. The van der Waals surface area contributed by atoms with Crippen LogP contribution < -0.4 is 5.32 Å². The SMILES string of the molecule is OCn1ccc2c(-c3cc(Cl)cc(C4COCCN4)c3)nccc21. The second-order valence-corrected chi connectivity index (χ2v) is 6.31. The smallest absolute Gasteiger partial charge is 0.119 e. The second kappa shape index (κ2) is 6.53. The minimum atomic E-state index is -0.0585. The lowest BCUT2D eigenvalue weighted by molar-refractivity contribution is 0.0769. The summed E-state index contributed by atoms with van der Waals surface area (Å²) >= 11 is 6.36. The first-order chi connectivity index (χ1) is 11.8. The van der Waals surface area contributed by atoms with Gasteiger partial charge in [-0.05, 0) is 35.9 Å². The normalized spacial score (nSPS) is 18.2. The fourth-order valence-corrected chi connectivity index (χ4v) is 3.45. The summed E-state index contributed by atoms with van der Waals surface area (Å²) in [6.07, 6.45) is 3.62. The van der Waals surface area contributed by atoms with Crippen LogP contribution in [0.2, 0.25) is 5.02 Å². The largest absolute Gasteiger partial charge is 0.378 e. The van der Waals surface area contributed by atoms with Gasteiger partial charge in [-0.25, -0.2) is 0 Å². The maximum atomic E-state index is 9.44. The molecule has 0 spiro atoms. The molecular formula is C18H18ClN3O2. The van der Waals surface area contributed by atoms with E-state index in [1.807, 2.05) is 30.5 Å². The maximum absolute atomic E-state index is 9.44. The van der Waals surface area contributed by atoms with E-state index in [1.54, 1.807) is 10.8 Å². The number of hydrogen-bond acceptors (Lipinski definition) is 4. The first-order valence-corrected chi connectivity index (χ1v) is 8.31. The molecular weight excluding hydrogens is 326 g/mol. The molecule has 2 N–H and O–H groups in total. The summed E-state index contributed by atoms with van der Waals surface area (Å²) < 4.78 is 7.34. The number of fused-ring (bicyclic) bond motifs is 1. The van der Waals surface area contributed by atoms with E-state index in [9.17, 15) is 5.11 Å². The zero-order valence-corrected chi connectivity index (χ0v) is 13.8. The molecule has 0 radical (unpaired) electrons. The molecule has 0 aliphatic carbocycles. The molecule has 0 bridgehead atoms. The number of aliphatic hydroxyl groups is 1. The monoisotopic (exact) mass is 343 g/mol. The predicted molar refractivity (Wildman–Crippen MR) is 94.0 cm³/mol. The number of morpholine rings is 1. The van der Waals surface area contributed by atoms with Crippen molar-refractivity contribution in [2.75, 3.05) is 19.8 Å². The van der Waals surface area contributed by atoms with E-state index in [0.717, 1.165) is 40.9 Å². The Labute approximate surface area is 144 Å². The van der Waals surface area contributed by atoms with Crippen LogP contribution in [-0.4, -0.2) is 34.4 Å². The number of rotatable bonds is 3. The van der Waals surface area contributed by atoms with Crippen molar-refractivity contribution in [2.24, 2.45) is 0 Å². The summed E-state index contributed by atoms with van der Waals surface area (Å²) in [6, 6.07) is 10.0. The Balaban J connectivity index is 1.82. The summed E-state index contributed by atoms with van der Waals surface area (Å²) in [7, 11) is 0. The number of ether oxygens (including phenoxy) is 1. The molecule has 1 unspecified atom stereocenters. The number of pyridine rings is 1. The maximum Gasteiger partial charge on any atom is 0.119 e. The Kier molecular flexibility index (Phi) is 4.24. The van der Waals surface area contributed by atoms with E-state index in [-0.39, 0.29) is 12.8 Å². The Morgan fingerprint density at radius 1 is 1.33 bits per heavy atom. The molecule has 1 aliphatic heterocycles. The zero-order chi connectivity index (χ0) is 16.5. The van der Waals surface area contributed by atoms with Crippen LogP contribution >= 0.6 is 11.6 Å². The number of hydrogen-bond donors (Lipinski definition) is 2. The quantitative estimate of drug-likeness (QED) is 0.767. The van der Waals surface area contributed by atoms with E-state index in [2.05, 4.69) is 16.4 Å². The van der Waals surface area contributed by atoms with Crippen molar-refractivity contribution in [3.8, 4) is 11.3 Å². The van der Waals surface area contributed by atoms with Crippen molar-refractivity contribution in [2.45, 2.75) is 12.8 Å². The third-order valence-electron chi connectivity index (χ3n) is 4.37. The molecule has 1 aliphatic rings. The summed E-state index contributed by atoms with van der Waals surface area (Å²) in [5.41, 5.74) is 3.87. The molecule has 1 aromatic carbocycles. The van der Waals surface area contributed by atoms with Gasteiger partial charge in [0.25, 0.3) is 0 Å². The molecule has 24 heavy (non-hydrogen) atoms. The number of aliphatic hydroxyl groups excluding tert-OH is 1. The van der Waals surface area contributed by atoms with Crippen LogP contribution in [0, 0.1) is 0 Å². The van der Waals surface area contributed by atoms with Crippen molar-refractivity contribution in [3.63, 3.8) is 0 Å². The summed E-state index contributed by atoms with van der Waals surface area (Å²) in [5, 5.41) is 14.6. The second-order valence-electron chi connectivity index (χ2n) is 5.87. The lowest BCUT2D eigenvalue weighted by Gasteiger charge is -2.24. The van der Waals surface area contributed by atoms with Gasteiger partial charge in [0.2, 0.25) is 0 Å². The average Bonchev–Trinajstić information content (AvgIpc) is 3.05. The van der Waals surface area contributed by atoms with Gasteiger partial charge in [0.05, 0.1) is 30.5 Å². The fraction of sp³-hybridized carbons (Fsp3) is 0.278. The van der Waals surface area contributed by atoms with E-state index in [4.69, 9.17) is 16.3 Å². The van der Waals surface area contributed by atoms with E-state index >= 15 is 0 Å². The Bertz CT molecular complexity index is 872. The number of benzene rings is 1. The van der Waals surface area contributed by atoms with Crippen molar-refractivity contribution >= 4 is 22.5 Å². The molecule has 4 rings (SSSR count). The van der Waals surface area contributed by atoms with E-state index in [1.165, 1.54) is 0 Å². The Morgan fingerprint density at radius 3 is 3.04 bits per heavy atom. The molecule has 0 amide bonds. The Morgan fingerprint density at radius 2 is 2.25 bits per heavy atom. The first-order valence-electron chi connectivity index (χ1n) is 7.93. The number of nitrogens with one attached hydrogen (secondary N) is 1. The number of nitrogens with zero attached hydrogens (tertiary/aromatic N) is 2. The molecule has 124 valence electrons. The van der Waals surface area contributed by atoms with Crippen LogP contribution in [0.15, 0.2) is 42.7 Å². The van der Waals surface area contributed by atoms with Crippen molar-refractivity contribution in [1.29, 1.82) is 0 Å². The van der Waals surface area contributed by atoms with Gasteiger partial charge in [-0.2, -0.15) is 0 Å². The van der Waals surface area contributed by atoms with Gasteiger partial charge in [-0.1, -0.05) is 11.6 Å². The third kappa shape index (κ3) is 2.80. The van der Waals surface area contributed by atoms with E-state index < -0.39 is 0 Å². The first kappa shape index (κ1) is 15.6. The molecule has 1 saturated heterocycles. The van der Waals surface area contributed by atoms with Gasteiger partial charge in [0, 0.05) is 34.9 Å². The summed E-state index contributed by atoms with van der Waals surface area (Å²) in [4.78, 5) is 4.55. The number of aromatic nitrogens is 2. The highest BCUT2D eigenvalue weighted by molar-refractivity contribution is 6.31. The van der Waals surface area contributed by atoms with Gasteiger partial charge < -0.3 is 19.7 Å². The Hall–Kier alpha value is -1.92. The molecule has 6 heteroatoms. The lowest BCUT2D eigenvalue weighted by Crippen LogP contribution is -2.34. The van der Waals surface area contributed by atoms with Gasteiger partial charge in [-0.3, -0.25) is 4.98 Å². The molecule has 5 nitrogen and oxygen atoms in total. The molecule has 2 aromatic heterocycles. The van der Waals surface area contributed by atoms with Crippen LogP contribution in [0.4, 0.5) is 0 Å². The highest BCUT2D eigenvalue weighted by atomic mass is 35.5. The molecule has 3 aromatic rings. The van der Waals surface area contributed by atoms with Crippen molar-refractivity contribution < 1.29 is 9.84 Å². The van der Waals surface area contributed by atoms with Crippen molar-refractivity contribution in [1.82, 2.24) is 14.9 Å². The number of halogens is 1. The summed E-state index contributed by atoms with van der Waals surface area (Å²) in [6.45, 7) is 2.15. The zero-order valence-electron chi connectivity index (χ0n) is 13.1. The van der Waals surface area contributed by atoms with E-state index in [0.29, 0.717) is 11.6 Å². The molecule has 3 heterocycles. The van der Waals surface area contributed by atoms with Crippen LogP contribution in [0.5, 0.6) is 0 Å². The minimum absolute atomic E-state index is 0.0585. The molecule has 0 saturated carbocycles. The van der Waals surface area contributed by atoms with Gasteiger partial charge in [-0.15, -0.1) is 0 Å². The van der Waals surface area contributed by atoms with Gasteiger partial charge >= 0.3 is 0 Å². The molecule has 1 atom stereocenters. The minimum Gasteiger partial charge on any atom is -0.378 e.